The van der Waals surface area contributed by atoms with Gasteiger partial charge in [0.25, 0.3) is 5.56 Å². The van der Waals surface area contributed by atoms with Gasteiger partial charge in [0.2, 0.25) is 17.8 Å². The van der Waals surface area contributed by atoms with Crippen LogP contribution in [0.15, 0.2) is 10.9 Å². The minimum absolute atomic E-state index is 0.00675. The lowest BCUT2D eigenvalue weighted by Gasteiger charge is -2.15. The van der Waals surface area contributed by atoms with Crippen molar-refractivity contribution < 1.29 is 19.2 Å². The molecule has 0 radical (unpaired) electrons. The first-order valence-corrected chi connectivity index (χ1v) is 6.38. The number of rotatable bonds is 7. The van der Waals surface area contributed by atoms with Crippen LogP contribution in [0.5, 0.6) is 0 Å². The summed E-state index contributed by atoms with van der Waals surface area (Å²) in [5.41, 5.74) is 7.19. The fourth-order valence-electron chi connectivity index (χ4n) is 1.58. The highest BCUT2D eigenvalue weighted by atomic mass is 16.7. The molecule has 120 valence electrons. The van der Waals surface area contributed by atoms with E-state index < -0.39 is 29.4 Å². The van der Waals surface area contributed by atoms with Gasteiger partial charge >= 0.3 is 5.97 Å². The largest absolute Gasteiger partial charge is 0.370 e. The summed E-state index contributed by atoms with van der Waals surface area (Å²) in [4.78, 5) is 55.9. The number of aryl methyl sites for hydroxylation is 1. The summed E-state index contributed by atoms with van der Waals surface area (Å²) in [6, 6.07) is 0.217. The van der Waals surface area contributed by atoms with Gasteiger partial charge < -0.3 is 15.9 Å². The van der Waals surface area contributed by atoms with Gasteiger partial charge in [0.15, 0.2) is 0 Å². The van der Waals surface area contributed by atoms with Crippen molar-refractivity contribution in [3.8, 4) is 0 Å². The number of carbonyl (C=O) groups excluding carboxylic acids is 3. The van der Waals surface area contributed by atoms with Gasteiger partial charge in [0.05, 0.1) is 0 Å². The normalized spacial score (nSPS) is 11.4. The molecule has 0 fully saturated rings. The van der Waals surface area contributed by atoms with Gasteiger partial charge in [0, 0.05) is 25.1 Å². The van der Waals surface area contributed by atoms with Crippen molar-refractivity contribution in [2.24, 2.45) is 5.73 Å². The van der Waals surface area contributed by atoms with Crippen LogP contribution in [-0.4, -0.2) is 33.8 Å². The Hall–Kier alpha value is -2.91. The van der Waals surface area contributed by atoms with Crippen LogP contribution >= 0.6 is 0 Å². The number of amides is 2. The van der Waals surface area contributed by atoms with Gasteiger partial charge in [-0.2, -0.15) is 5.48 Å². The molecule has 1 atom stereocenters. The molecule has 0 spiro atoms. The molecule has 0 saturated carbocycles. The molecule has 0 aliphatic carbocycles. The number of aromatic amines is 1. The van der Waals surface area contributed by atoms with Crippen LogP contribution < -0.4 is 22.1 Å². The van der Waals surface area contributed by atoms with Crippen molar-refractivity contribution in [3.05, 3.63) is 22.1 Å². The summed E-state index contributed by atoms with van der Waals surface area (Å²) < 4.78 is 0. The van der Waals surface area contributed by atoms with Crippen molar-refractivity contribution >= 4 is 23.7 Å². The third kappa shape index (κ3) is 6.03. The van der Waals surface area contributed by atoms with Gasteiger partial charge in [-0.05, 0) is 13.3 Å². The predicted molar refractivity (Wildman–Crippen MR) is 75.3 cm³/mol. The first-order valence-electron chi connectivity index (χ1n) is 6.38. The van der Waals surface area contributed by atoms with E-state index in [1.165, 1.54) is 13.0 Å². The number of hydrogen-bond donors (Lipinski definition) is 4. The molecule has 10 nitrogen and oxygen atoms in total. The van der Waals surface area contributed by atoms with E-state index in [4.69, 9.17) is 10.6 Å². The zero-order valence-electron chi connectivity index (χ0n) is 12.1. The Labute approximate surface area is 125 Å². The SMILES string of the molecule is CC(=O)NC(CCC(N)=O)C(=O)ONc1nc(C)cc(=O)[nH]1. The molecule has 5 N–H and O–H groups in total. The maximum atomic E-state index is 11.9. The Balaban J connectivity index is 2.67. The lowest BCUT2D eigenvalue weighted by Crippen LogP contribution is -2.42. The van der Waals surface area contributed by atoms with Crippen LogP contribution in [0, 0.1) is 6.92 Å². The van der Waals surface area contributed by atoms with Crippen molar-refractivity contribution in [3.63, 3.8) is 0 Å². The first kappa shape index (κ1) is 17.1. The summed E-state index contributed by atoms with van der Waals surface area (Å²) in [6.45, 7) is 2.81. The number of carbonyl (C=O) groups is 3. The second-order valence-corrected chi connectivity index (χ2v) is 4.52. The number of H-pyrrole nitrogens is 1. The Morgan fingerprint density at radius 3 is 2.68 bits per heavy atom. The lowest BCUT2D eigenvalue weighted by molar-refractivity contribution is -0.145. The molecule has 0 saturated heterocycles. The highest BCUT2D eigenvalue weighted by molar-refractivity contribution is 5.84. The average Bonchev–Trinajstić information content (AvgIpc) is 2.39. The maximum absolute atomic E-state index is 11.9. The molecule has 1 aromatic heterocycles. The zero-order chi connectivity index (χ0) is 16.7. The molecule has 1 aromatic rings. The zero-order valence-corrected chi connectivity index (χ0v) is 12.1. The lowest BCUT2D eigenvalue weighted by atomic mass is 10.1. The maximum Gasteiger partial charge on any atom is 0.354 e. The molecule has 2 amide bonds. The van der Waals surface area contributed by atoms with E-state index in [2.05, 4.69) is 20.8 Å². The number of nitrogens with zero attached hydrogens (tertiary/aromatic N) is 1. The number of aromatic nitrogens is 2. The van der Waals surface area contributed by atoms with Gasteiger partial charge in [-0.15, -0.1) is 0 Å². The smallest absolute Gasteiger partial charge is 0.354 e. The summed E-state index contributed by atoms with van der Waals surface area (Å²) in [6.07, 6.45) is -0.104. The van der Waals surface area contributed by atoms with E-state index in [0.717, 1.165) is 0 Å². The minimum atomic E-state index is -1.05. The Kier molecular flexibility index (Phi) is 6.05. The van der Waals surface area contributed by atoms with E-state index >= 15 is 0 Å². The highest BCUT2D eigenvalue weighted by Gasteiger charge is 2.22. The number of hydrogen-bond acceptors (Lipinski definition) is 7. The van der Waals surface area contributed by atoms with E-state index in [-0.39, 0.29) is 18.8 Å². The number of primary amides is 1. The van der Waals surface area contributed by atoms with Crippen LogP contribution in [-0.2, 0) is 19.2 Å². The van der Waals surface area contributed by atoms with E-state index in [1.807, 2.05) is 0 Å². The predicted octanol–water partition coefficient (Wildman–Crippen LogP) is -1.28. The summed E-state index contributed by atoms with van der Waals surface area (Å²) in [5.74, 6) is -1.98. The topological polar surface area (TPSA) is 156 Å². The van der Waals surface area contributed by atoms with Gasteiger partial charge in [-0.25, -0.2) is 9.78 Å². The van der Waals surface area contributed by atoms with Crippen LogP contribution in [0.3, 0.4) is 0 Å². The van der Waals surface area contributed by atoms with Crippen LogP contribution in [0.25, 0.3) is 0 Å². The Bertz CT molecular complexity index is 627. The van der Waals surface area contributed by atoms with Crippen LogP contribution in [0.2, 0.25) is 0 Å². The third-order valence-corrected chi connectivity index (χ3v) is 2.46. The summed E-state index contributed by atoms with van der Waals surface area (Å²) in [5, 5.41) is 2.34. The average molecular weight is 311 g/mol. The minimum Gasteiger partial charge on any atom is -0.370 e. The van der Waals surface area contributed by atoms with Crippen molar-refractivity contribution in [2.75, 3.05) is 5.48 Å². The molecule has 1 rings (SSSR count). The molecule has 10 heteroatoms. The standard InChI is InChI=1S/C12H17N5O5/c1-6-5-10(20)16-12(14-6)17-22-11(21)8(15-7(2)18)3-4-9(13)19/h5,8H,3-4H2,1-2H3,(H2,13,19)(H,15,18)(H2,14,16,17,20). The molecule has 1 unspecified atom stereocenters. The van der Waals surface area contributed by atoms with Crippen LogP contribution in [0.1, 0.15) is 25.5 Å². The molecular formula is C12H17N5O5. The highest BCUT2D eigenvalue weighted by Crippen LogP contribution is 2.02. The molecule has 0 aliphatic rings. The van der Waals surface area contributed by atoms with E-state index in [9.17, 15) is 19.2 Å². The van der Waals surface area contributed by atoms with Gasteiger partial charge in [0.1, 0.15) is 6.04 Å². The monoisotopic (exact) mass is 311 g/mol. The Morgan fingerprint density at radius 1 is 1.45 bits per heavy atom. The summed E-state index contributed by atoms with van der Waals surface area (Å²) >= 11 is 0. The van der Waals surface area contributed by atoms with Crippen molar-refractivity contribution in [2.45, 2.75) is 32.7 Å². The molecule has 22 heavy (non-hydrogen) atoms. The number of nitrogens with two attached hydrogens (primary N) is 1. The molecule has 0 aromatic carbocycles. The fraction of sp³-hybridized carbons (Fsp3) is 0.417. The van der Waals surface area contributed by atoms with Crippen molar-refractivity contribution in [1.82, 2.24) is 15.3 Å². The van der Waals surface area contributed by atoms with Crippen LogP contribution in [0.4, 0.5) is 5.95 Å². The van der Waals surface area contributed by atoms with E-state index in [1.54, 1.807) is 6.92 Å². The molecule has 1 heterocycles. The van der Waals surface area contributed by atoms with Crippen molar-refractivity contribution in [1.29, 1.82) is 0 Å². The number of nitrogens with one attached hydrogen (secondary N) is 3. The fourth-order valence-corrected chi connectivity index (χ4v) is 1.58. The molecule has 0 bridgehead atoms. The van der Waals surface area contributed by atoms with Gasteiger partial charge in [-0.3, -0.25) is 19.4 Å². The Morgan fingerprint density at radius 2 is 2.14 bits per heavy atom. The summed E-state index contributed by atoms with van der Waals surface area (Å²) in [7, 11) is 0. The quantitative estimate of drug-likeness (QED) is 0.457. The molecule has 0 aliphatic heterocycles. The third-order valence-electron chi connectivity index (χ3n) is 2.46. The number of anilines is 1. The second-order valence-electron chi connectivity index (χ2n) is 4.52. The first-order chi connectivity index (χ1) is 10.3. The molecular weight excluding hydrogens is 294 g/mol. The van der Waals surface area contributed by atoms with Gasteiger partial charge in [-0.1, -0.05) is 0 Å². The second kappa shape index (κ2) is 7.76. The van der Waals surface area contributed by atoms with E-state index in [0.29, 0.717) is 5.69 Å².